The maximum absolute atomic E-state index is 11.5. The Kier molecular flexibility index (Phi) is 4.79. The van der Waals surface area contributed by atoms with Gasteiger partial charge in [-0.1, -0.05) is 18.2 Å². The Morgan fingerprint density at radius 2 is 1.65 bits per heavy atom. The van der Waals surface area contributed by atoms with Crippen molar-refractivity contribution in [3.63, 3.8) is 0 Å². The number of rotatable bonds is 4. The SMILES string of the molecule is Cc1ccccc1N1CCN(c2c(C)cc(C(=O)O)cc2[N+](=O)[O-])CC1. The van der Waals surface area contributed by atoms with E-state index >= 15 is 0 Å². The summed E-state index contributed by atoms with van der Waals surface area (Å²) in [7, 11) is 0. The maximum atomic E-state index is 11.5. The minimum atomic E-state index is -1.16. The average Bonchev–Trinajstić information content (AvgIpc) is 2.61. The van der Waals surface area contributed by atoms with Crippen LogP contribution in [0.25, 0.3) is 0 Å². The van der Waals surface area contributed by atoms with Crippen LogP contribution in [0.2, 0.25) is 0 Å². The second-order valence-electron chi connectivity index (χ2n) is 6.48. The summed E-state index contributed by atoms with van der Waals surface area (Å²) < 4.78 is 0. The molecule has 0 radical (unpaired) electrons. The Labute approximate surface area is 151 Å². The lowest BCUT2D eigenvalue weighted by Crippen LogP contribution is -2.47. The minimum absolute atomic E-state index is 0.0588. The van der Waals surface area contributed by atoms with Crippen LogP contribution in [-0.4, -0.2) is 42.2 Å². The fraction of sp³-hybridized carbons (Fsp3) is 0.316. The third-order valence-corrected chi connectivity index (χ3v) is 4.78. The first-order valence-electron chi connectivity index (χ1n) is 8.46. The Balaban J connectivity index is 1.86. The van der Waals surface area contributed by atoms with Gasteiger partial charge < -0.3 is 14.9 Å². The zero-order valence-electron chi connectivity index (χ0n) is 14.8. The molecule has 1 aliphatic heterocycles. The van der Waals surface area contributed by atoms with Gasteiger partial charge in [0.05, 0.1) is 10.5 Å². The molecule has 26 heavy (non-hydrogen) atoms. The third kappa shape index (κ3) is 3.33. The summed E-state index contributed by atoms with van der Waals surface area (Å²) >= 11 is 0. The number of aryl methyl sites for hydroxylation is 2. The molecule has 1 aliphatic rings. The van der Waals surface area contributed by atoms with E-state index in [0.29, 0.717) is 24.3 Å². The normalized spacial score (nSPS) is 14.4. The van der Waals surface area contributed by atoms with Gasteiger partial charge in [-0.25, -0.2) is 4.79 Å². The molecule has 1 fully saturated rings. The summed E-state index contributed by atoms with van der Waals surface area (Å²) in [6.45, 7) is 6.58. The zero-order chi connectivity index (χ0) is 18.8. The topological polar surface area (TPSA) is 86.9 Å². The molecule has 0 atom stereocenters. The van der Waals surface area contributed by atoms with E-state index in [1.807, 2.05) is 17.0 Å². The fourth-order valence-corrected chi connectivity index (χ4v) is 3.52. The first kappa shape index (κ1) is 17.7. The van der Waals surface area contributed by atoms with Crippen LogP contribution in [0.5, 0.6) is 0 Å². The highest BCUT2D eigenvalue weighted by Gasteiger charge is 2.27. The fourth-order valence-electron chi connectivity index (χ4n) is 3.52. The molecule has 7 nitrogen and oxygen atoms in total. The molecule has 1 saturated heterocycles. The standard InChI is InChI=1S/C19H21N3O4/c1-13-5-3-4-6-16(13)20-7-9-21(10-8-20)18-14(2)11-15(19(23)24)12-17(18)22(25)26/h3-6,11-12H,7-10H2,1-2H3,(H,23,24). The van der Waals surface area contributed by atoms with Gasteiger partial charge in [0.25, 0.3) is 5.69 Å². The van der Waals surface area contributed by atoms with E-state index in [1.54, 1.807) is 6.92 Å². The van der Waals surface area contributed by atoms with Gasteiger partial charge in [-0.05, 0) is 37.1 Å². The number of benzene rings is 2. The van der Waals surface area contributed by atoms with Gasteiger partial charge in [-0.3, -0.25) is 10.1 Å². The number of piperazine rings is 1. The molecule has 0 aliphatic carbocycles. The van der Waals surface area contributed by atoms with E-state index in [0.717, 1.165) is 19.2 Å². The first-order chi connectivity index (χ1) is 12.4. The highest BCUT2D eigenvalue weighted by atomic mass is 16.6. The molecule has 7 heteroatoms. The lowest BCUT2D eigenvalue weighted by atomic mass is 10.1. The molecular weight excluding hydrogens is 334 g/mol. The van der Waals surface area contributed by atoms with Crippen LogP contribution < -0.4 is 9.80 Å². The number of carbonyl (C=O) groups is 1. The molecule has 2 aromatic rings. The van der Waals surface area contributed by atoms with Crippen LogP contribution in [-0.2, 0) is 0 Å². The Bertz CT molecular complexity index is 858. The molecule has 0 spiro atoms. The molecule has 0 amide bonds. The number of hydrogen-bond donors (Lipinski definition) is 1. The quantitative estimate of drug-likeness (QED) is 0.669. The van der Waals surface area contributed by atoms with Crippen molar-refractivity contribution in [3.05, 3.63) is 63.2 Å². The Morgan fingerprint density at radius 1 is 1.04 bits per heavy atom. The van der Waals surface area contributed by atoms with Gasteiger partial charge >= 0.3 is 5.97 Å². The summed E-state index contributed by atoms with van der Waals surface area (Å²) in [5.41, 5.74) is 3.31. The molecule has 0 saturated carbocycles. The number of hydrogen-bond acceptors (Lipinski definition) is 5. The van der Waals surface area contributed by atoms with Crippen molar-refractivity contribution in [1.29, 1.82) is 0 Å². The van der Waals surface area contributed by atoms with E-state index < -0.39 is 10.9 Å². The molecule has 1 N–H and O–H groups in total. The van der Waals surface area contributed by atoms with E-state index in [9.17, 15) is 14.9 Å². The zero-order valence-corrected chi connectivity index (χ0v) is 14.8. The number of nitro benzene ring substituents is 1. The van der Waals surface area contributed by atoms with Crippen molar-refractivity contribution in [1.82, 2.24) is 0 Å². The van der Waals surface area contributed by atoms with E-state index in [1.165, 1.54) is 17.3 Å². The van der Waals surface area contributed by atoms with Crippen molar-refractivity contribution in [3.8, 4) is 0 Å². The van der Waals surface area contributed by atoms with Crippen molar-refractivity contribution < 1.29 is 14.8 Å². The number of carboxylic acid groups (broad SMARTS) is 1. The van der Waals surface area contributed by atoms with Crippen LogP contribution in [0, 0.1) is 24.0 Å². The highest BCUT2D eigenvalue weighted by Crippen LogP contribution is 2.34. The molecule has 136 valence electrons. The minimum Gasteiger partial charge on any atom is -0.478 e. The molecule has 2 aromatic carbocycles. The number of nitrogens with zero attached hydrogens (tertiary/aromatic N) is 3. The van der Waals surface area contributed by atoms with Gasteiger partial charge in [-0.15, -0.1) is 0 Å². The lowest BCUT2D eigenvalue weighted by molar-refractivity contribution is -0.384. The van der Waals surface area contributed by atoms with Crippen molar-refractivity contribution in [2.45, 2.75) is 13.8 Å². The maximum Gasteiger partial charge on any atom is 0.335 e. The Hall–Kier alpha value is -3.09. The predicted octanol–water partition coefficient (Wildman–Crippen LogP) is 3.24. The highest BCUT2D eigenvalue weighted by molar-refractivity contribution is 5.90. The monoisotopic (exact) mass is 355 g/mol. The summed E-state index contributed by atoms with van der Waals surface area (Å²) in [6.07, 6.45) is 0. The number of aromatic carboxylic acids is 1. The van der Waals surface area contributed by atoms with Gasteiger partial charge in [0.2, 0.25) is 0 Å². The van der Waals surface area contributed by atoms with Gasteiger partial charge in [-0.2, -0.15) is 0 Å². The molecular formula is C19H21N3O4. The lowest BCUT2D eigenvalue weighted by Gasteiger charge is -2.38. The second kappa shape index (κ2) is 7.03. The van der Waals surface area contributed by atoms with Crippen molar-refractivity contribution >= 4 is 23.0 Å². The molecule has 0 bridgehead atoms. The molecule has 1 heterocycles. The Morgan fingerprint density at radius 3 is 2.23 bits per heavy atom. The van der Waals surface area contributed by atoms with E-state index in [2.05, 4.69) is 24.0 Å². The summed E-state index contributed by atoms with van der Waals surface area (Å²) in [4.78, 5) is 26.5. The number of anilines is 2. The molecule has 0 aromatic heterocycles. The summed E-state index contributed by atoms with van der Waals surface area (Å²) in [6, 6.07) is 10.8. The summed E-state index contributed by atoms with van der Waals surface area (Å²) in [5, 5.41) is 20.7. The molecule has 0 unspecified atom stereocenters. The van der Waals surface area contributed by atoms with Gasteiger partial charge in [0.15, 0.2) is 0 Å². The van der Waals surface area contributed by atoms with Crippen LogP contribution in [0.4, 0.5) is 17.1 Å². The first-order valence-corrected chi connectivity index (χ1v) is 8.46. The number of carboxylic acids is 1. The third-order valence-electron chi connectivity index (χ3n) is 4.78. The van der Waals surface area contributed by atoms with Crippen LogP contribution >= 0.6 is 0 Å². The number of para-hydroxylation sites is 1. The van der Waals surface area contributed by atoms with Crippen LogP contribution in [0.1, 0.15) is 21.5 Å². The average molecular weight is 355 g/mol. The van der Waals surface area contributed by atoms with Crippen LogP contribution in [0.3, 0.4) is 0 Å². The number of nitro groups is 1. The van der Waals surface area contributed by atoms with E-state index in [4.69, 9.17) is 5.11 Å². The van der Waals surface area contributed by atoms with Gasteiger partial charge in [0.1, 0.15) is 5.69 Å². The molecule has 3 rings (SSSR count). The van der Waals surface area contributed by atoms with Crippen LogP contribution in [0.15, 0.2) is 36.4 Å². The predicted molar refractivity (Wildman–Crippen MR) is 100 cm³/mol. The van der Waals surface area contributed by atoms with E-state index in [-0.39, 0.29) is 11.3 Å². The largest absolute Gasteiger partial charge is 0.478 e. The van der Waals surface area contributed by atoms with Gasteiger partial charge in [0, 0.05) is 37.9 Å². The second-order valence-corrected chi connectivity index (χ2v) is 6.48. The summed E-state index contributed by atoms with van der Waals surface area (Å²) in [5.74, 6) is -1.16. The van der Waals surface area contributed by atoms with Crippen molar-refractivity contribution in [2.24, 2.45) is 0 Å². The smallest absolute Gasteiger partial charge is 0.335 e. The van der Waals surface area contributed by atoms with Crippen molar-refractivity contribution in [2.75, 3.05) is 36.0 Å².